The molecule has 0 aliphatic heterocycles. The van der Waals surface area contributed by atoms with E-state index in [9.17, 15) is 19.9 Å². The maximum absolute atomic E-state index is 11.0. The van der Waals surface area contributed by atoms with E-state index < -0.39 is 7.82 Å². The van der Waals surface area contributed by atoms with Crippen LogP contribution in [0.25, 0.3) is 0 Å². The lowest BCUT2D eigenvalue weighted by Gasteiger charge is -2.14. The average Bonchev–Trinajstić information content (AvgIpc) is 2.45. The monoisotopic (exact) mass is 354 g/mol. The Morgan fingerprint density at radius 3 is 2.12 bits per heavy atom. The van der Waals surface area contributed by atoms with Crippen molar-refractivity contribution in [1.82, 2.24) is 0 Å². The zero-order chi connectivity index (χ0) is 17.7. The number of phosphoric acid groups is 1. The van der Waals surface area contributed by atoms with Gasteiger partial charge in [-0.3, -0.25) is 9.79 Å². The molecule has 0 aliphatic carbocycles. The van der Waals surface area contributed by atoms with Crippen LogP contribution in [0.2, 0.25) is 0 Å². The van der Waals surface area contributed by atoms with Crippen LogP contribution in [-0.4, -0.2) is 25.1 Å². The number of hydrogen-bond acceptors (Lipinski definition) is 5. The van der Waals surface area contributed by atoms with Crippen molar-refractivity contribution in [3.05, 3.63) is 47.5 Å². The molecule has 0 saturated heterocycles. The number of phenols is 3. The van der Waals surface area contributed by atoms with Gasteiger partial charge in [0, 0.05) is 17.7 Å². The van der Waals surface area contributed by atoms with Crippen LogP contribution in [-0.2, 0) is 17.4 Å². The fourth-order valence-electron chi connectivity index (χ4n) is 2.37. The van der Waals surface area contributed by atoms with E-state index in [1.165, 1.54) is 0 Å². The highest BCUT2D eigenvalue weighted by Gasteiger charge is 2.21. The highest BCUT2D eigenvalue weighted by molar-refractivity contribution is 7.46. The van der Waals surface area contributed by atoms with Crippen molar-refractivity contribution in [3.8, 4) is 23.0 Å². The molecule has 24 heavy (non-hydrogen) atoms. The molecule has 2 rings (SSSR count). The molecule has 0 aromatic heterocycles. The molecule has 2 aromatic rings. The zero-order valence-corrected chi connectivity index (χ0v) is 13.7. The average molecular weight is 354 g/mol. The van der Waals surface area contributed by atoms with Gasteiger partial charge in [0.05, 0.1) is 0 Å². The van der Waals surface area contributed by atoms with Crippen LogP contribution in [0.1, 0.15) is 24.0 Å². The van der Waals surface area contributed by atoms with Gasteiger partial charge in [0.2, 0.25) is 0 Å². The molecular formula is C16H19O7P. The van der Waals surface area contributed by atoms with Crippen LogP contribution in [0, 0.1) is 0 Å². The van der Waals surface area contributed by atoms with E-state index in [0.717, 1.165) is 30.5 Å². The van der Waals surface area contributed by atoms with E-state index in [2.05, 4.69) is 4.52 Å². The zero-order valence-electron chi connectivity index (χ0n) is 12.8. The Bertz CT molecular complexity index is 737. The fraction of sp³-hybridized carbons (Fsp3) is 0.250. The number of benzene rings is 2. The van der Waals surface area contributed by atoms with E-state index in [1.54, 1.807) is 12.1 Å². The van der Waals surface area contributed by atoms with Gasteiger partial charge in [0.25, 0.3) is 0 Å². The third-order valence-electron chi connectivity index (χ3n) is 3.47. The Morgan fingerprint density at radius 1 is 0.875 bits per heavy atom. The quantitative estimate of drug-likeness (QED) is 0.382. The van der Waals surface area contributed by atoms with Crippen molar-refractivity contribution in [2.45, 2.75) is 25.7 Å². The second-order valence-corrected chi connectivity index (χ2v) is 6.56. The molecule has 0 atom stereocenters. The Morgan fingerprint density at radius 2 is 1.50 bits per heavy atom. The Labute approximate surface area is 139 Å². The summed E-state index contributed by atoms with van der Waals surface area (Å²) in [6, 6.07) is 9.00. The molecular weight excluding hydrogens is 335 g/mol. The minimum absolute atomic E-state index is 0.201. The molecule has 0 unspecified atom stereocenters. The van der Waals surface area contributed by atoms with Gasteiger partial charge in [-0.25, -0.2) is 4.57 Å². The highest BCUT2D eigenvalue weighted by Crippen LogP contribution is 2.43. The van der Waals surface area contributed by atoms with E-state index >= 15 is 0 Å². The predicted octanol–water partition coefficient (Wildman–Crippen LogP) is 2.84. The molecule has 130 valence electrons. The fourth-order valence-corrected chi connectivity index (χ4v) is 2.79. The van der Waals surface area contributed by atoms with Crippen molar-refractivity contribution in [1.29, 1.82) is 0 Å². The first-order valence-corrected chi connectivity index (χ1v) is 8.85. The number of hydrogen-bond donors (Lipinski definition) is 5. The first-order valence-electron chi connectivity index (χ1n) is 7.32. The van der Waals surface area contributed by atoms with Crippen molar-refractivity contribution in [2.75, 3.05) is 0 Å². The summed E-state index contributed by atoms with van der Waals surface area (Å²) < 4.78 is 15.5. The molecule has 0 bridgehead atoms. The number of aryl methyl sites for hydroxylation is 1. The van der Waals surface area contributed by atoms with E-state index in [4.69, 9.17) is 9.79 Å². The van der Waals surface area contributed by atoms with Gasteiger partial charge in [-0.1, -0.05) is 12.1 Å². The number of unbranched alkanes of at least 4 members (excludes halogenated alkanes) is 1. The van der Waals surface area contributed by atoms with Crippen LogP contribution in [0.15, 0.2) is 36.4 Å². The molecule has 5 N–H and O–H groups in total. The molecule has 0 spiro atoms. The van der Waals surface area contributed by atoms with Gasteiger partial charge >= 0.3 is 7.82 Å². The minimum Gasteiger partial charge on any atom is -0.508 e. The molecule has 7 nitrogen and oxygen atoms in total. The lowest BCUT2D eigenvalue weighted by molar-refractivity contribution is 0.281. The smallest absolute Gasteiger partial charge is 0.508 e. The molecule has 8 heteroatoms. The second-order valence-electron chi connectivity index (χ2n) is 5.40. The summed E-state index contributed by atoms with van der Waals surface area (Å²) in [5.41, 5.74) is 1.29. The largest absolute Gasteiger partial charge is 0.524 e. The Balaban J connectivity index is 2.00. The summed E-state index contributed by atoms with van der Waals surface area (Å²) in [5, 5.41) is 28.6. The maximum Gasteiger partial charge on any atom is 0.524 e. The third kappa shape index (κ3) is 5.45. The van der Waals surface area contributed by atoms with Crippen molar-refractivity contribution < 1.29 is 34.2 Å². The first kappa shape index (κ1) is 18.1. The highest BCUT2D eigenvalue weighted by atomic mass is 31.2. The van der Waals surface area contributed by atoms with Crippen molar-refractivity contribution in [3.63, 3.8) is 0 Å². The maximum atomic E-state index is 11.0. The van der Waals surface area contributed by atoms with Crippen LogP contribution < -0.4 is 4.52 Å². The van der Waals surface area contributed by atoms with Gasteiger partial charge < -0.3 is 19.8 Å². The molecule has 0 radical (unpaired) electrons. The molecule has 2 aromatic carbocycles. The summed E-state index contributed by atoms with van der Waals surface area (Å²) in [6.45, 7) is 0. The Kier molecular flexibility index (Phi) is 5.72. The normalized spacial score (nSPS) is 11.4. The van der Waals surface area contributed by atoms with Crippen LogP contribution in [0.4, 0.5) is 0 Å². The third-order valence-corrected chi connectivity index (χ3v) is 3.90. The van der Waals surface area contributed by atoms with E-state index in [1.807, 2.05) is 12.1 Å². The summed E-state index contributed by atoms with van der Waals surface area (Å²) in [6.07, 6.45) is 2.49. The second kappa shape index (κ2) is 7.57. The van der Waals surface area contributed by atoms with Gasteiger partial charge in [-0.05, 0) is 43.4 Å². The van der Waals surface area contributed by atoms with Crippen molar-refractivity contribution in [2.24, 2.45) is 0 Å². The molecule has 0 aliphatic rings. The standard InChI is InChI=1S/C16H19O7P/c17-12-7-5-11(6-8-12)3-1-2-4-14-15(19)9-13(18)10-16(14)23-24(20,21)22/h5-10,17-19H,1-4H2,(H2,20,21,22). The number of phosphoric ester groups is 1. The van der Waals surface area contributed by atoms with E-state index in [-0.39, 0.29) is 28.6 Å². The molecule has 0 amide bonds. The number of rotatable bonds is 7. The topological polar surface area (TPSA) is 127 Å². The van der Waals surface area contributed by atoms with E-state index in [0.29, 0.717) is 12.8 Å². The molecule has 0 heterocycles. The first-order chi connectivity index (χ1) is 11.2. The van der Waals surface area contributed by atoms with Gasteiger partial charge in [-0.15, -0.1) is 0 Å². The van der Waals surface area contributed by atoms with Crippen molar-refractivity contribution >= 4 is 7.82 Å². The number of phenolic OH excluding ortho intramolecular Hbond substituents is 3. The summed E-state index contributed by atoms with van der Waals surface area (Å²) in [5.74, 6) is -0.649. The van der Waals surface area contributed by atoms with Crippen LogP contribution in [0.3, 0.4) is 0 Å². The van der Waals surface area contributed by atoms with Crippen LogP contribution in [0.5, 0.6) is 23.0 Å². The summed E-state index contributed by atoms with van der Waals surface area (Å²) in [7, 11) is -4.79. The number of aromatic hydroxyl groups is 3. The lowest BCUT2D eigenvalue weighted by atomic mass is 10.0. The van der Waals surface area contributed by atoms with Gasteiger partial charge in [0.15, 0.2) is 0 Å². The summed E-state index contributed by atoms with van der Waals surface area (Å²) >= 11 is 0. The molecule has 0 saturated carbocycles. The lowest BCUT2D eigenvalue weighted by Crippen LogP contribution is -1.97. The SMILES string of the molecule is O=P(O)(O)Oc1cc(O)cc(O)c1CCCCc1ccc(O)cc1. The van der Waals surface area contributed by atoms with Gasteiger partial charge in [0.1, 0.15) is 23.0 Å². The van der Waals surface area contributed by atoms with Crippen LogP contribution >= 0.6 is 7.82 Å². The van der Waals surface area contributed by atoms with Gasteiger partial charge in [-0.2, -0.15) is 0 Å². The Hall–Kier alpha value is -2.21. The predicted molar refractivity (Wildman–Crippen MR) is 87.2 cm³/mol. The minimum atomic E-state index is -4.79. The molecule has 0 fully saturated rings. The summed E-state index contributed by atoms with van der Waals surface area (Å²) in [4.78, 5) is 17.9.